The van der Waals surface area contributed by atoms with Crippen molar-refractivity contribution in [3.8, 4) is 0 Å². The normalized spacial score (nSPS) is 10.9. The summed E-state index contributed by atoms with van der Waals surface area (Å²) in [4.78, 5) is 24.2. The lowest BCUT2D eigenvalue weighted by atomic mass is 10.0. The van der Waals surface area contributed by atoms with Crippen LogP contribution in [0.1, 0.15) is 27.0 Å². The molecule has 0 spiro atoms. The van der Waals surface area contributed by atoms with Gasteiger partial charge in [-0.1, -0.05) is 71.5 Å². The number of pyridine rings is 1. The molecule has 6 heteroatoms. The summed E-state index contributed by atoms with van der Waals surface area (Å²) in [7, 11) is 0. The molecule has 2 aromatic heterocycles. The minimum absolute atomic E-state index is 0.102. The second kappa shape index (κ2) is 9.53. The molecule has 162 valence electrons. The second-order valence-electron chi connectivity index (χ2n) is 7.72. The van der Waals surface area contributed by atoms with E-state index in [1.165, 1.54) is 16.9 Å². The number of carbonyl (C=O) groups is 1. The van der Waals surface area contributed by atoms with Crippen LogP contribution in [0.5, 0.6) is 0 Å². The van der Waals surface area contributed by atoms with Gasteiger partial charge < -0.3 is 0 Å². The van der Waals surface area contributed by atoms with E-state index in [0.717, 1.165) is 27.8 Å². The fourth-order valence-electron chi connectivity index (χ4n) is 3.65. The van der Waals surface area contributed by atoms with Crippen molar-refractivity contribution in [1.29, 1.82) is 0 Å². The number of amides is 1. The Morgan fingerprint density at radius 3 is 2.39 bits per heavy atom. The highest BCUT2D eigenvalue weighted by atomic mass is 35.5. The molecule has 0 bridgehead atoms. The van der Waals surface area contributed by atoms with E-state index in [4.69, 9.17) is 16.6 Å². The van der Waals surface area contributed by atoms with Crippen molar-refractivity contribution in [1.82, 2.24) is 9.97 Å². The van der Waals surface area contributed by atoms with E-state index in [0.29, 0.717) is 22.3 Å². The molecule has 5 aromatic rings. The van der Waals surface area contributed by atoms with Crippen LogP contribution in [0.4, 0.5) is 5.13 Å². The van der Waals surface area contributed by atoms with E-state index in [1.807, 2.05) is 72.8 Å². The van der Waals surface area contributed by atoms with Crippen molar-refractivity contribution in [2.75, 3.05) is 4.90 Å². The Morgan fingerprint density at radius 2 is 1.64 bits per heavy atom. The largest absolute Gasteiger partial charge is 0.279 e. The molecule has 0 unspecified atom stereocenters. The van der Waals surface area contributed by atoms with Gasteiger partial charge in [-0.15, -0.1) is 0 Å². The third kappa shape index (κ3) is 4.95. The van der Waals surface area contributed by atoms with E-state index < -0.39 is 0 Å². The van der Waals surface area contributed by atoms with Gasteiger partial charge in [-0.05, 0) is 59.5 Å². The molecule has 0 radical (unpaired) electrons. The number of carbonyl (C=O) groups excluding carboxylic acids is 1. The van der Waals surface area contributed by atoms with Gasteiger partial charge in [0.15, 0.2) is 5.13 Å². The fourth-order valence-corrected chi connectivity index (χ4v) is 4.89. The minimum atomic E-state index is -0.102. The predicted octanol–water partition coefficient (Wildman–Crippen LogP) is 6.78. The Labute approximate surface area is 201 Å². The molecule has 0 saturated heterocycles. The quantitative estimate of drug-likeness (QED) is 0.275. The summed E-state index contributed by atoms with van der Waals surface area (Å²) in [5, 5.41) is 1.28. The number of nitrogens with zero attached hydrogens (tertiary/aromatic N) is 3. The van der Waals surface area contributed by atoms with E-state index in [9.17, 15) is 4.79 Å². The van der Waals surface area contributed by atoms with Crippen LogP contribution in [0.15, 0.2) is 97.3 Å². The van der Waals surface area contributed by atoms with Gasteiger partial charge in [0, 0.05) is 23.0 Å². The van der Waals surface area contributed by atoms with Gasteiger partial charge in [0.05, 0.1) is 16.8 Å². The second-order valence-corrected chi connectivity index (χ2v) is 9.17. The lowest BCUT2D eigenvalue weighted by molar-refractivity contribution is 0.0985. The molecular weight excluding hydrogens is 450 g/mol. The summed E-state index contributed by atoms with van der Waals surface area (Å²) in [6.45, 7) is 0.381. The number of halogens is 1. The van der Waals surface area contributed by atoms with Crippen LogP contribution < -0.4 is 4.90 Å². The average Bonchev–Trinajstić information content (AvgIpc) is 3.27. The summed E-state index contributed by atoms with van der Waals surface area (Å²) in [6, 6.07) is 27.5. The number of hydrogen-bond donors (Lipinski definition) is 0. The molecule has 0 aliphatic rings. The van der Waals surface area contributed by atoms with Crippen LogP contribution in [0.2, 0.25) is 5.02 Å². The Bertz CT molecular complexity index is 1390. The third-order valence-electron chi connectivity index (χ3n) is 5.33. The maximum Gasteiger partial charge on any atom is 0.260 e. The van der Waals surface area contributed by atoms with Crippen molar-refractivity contribution in [3.05, 3.63) is 125 Å². The maximum absolute atomic E-state index is 13.6. The van der Waals surface area contributed by atoms with Crippen molar-refractivity contribution < 1.29 is 4.79 Å². The molecule has 0 saturated carbocycles. The Kier molecular flexibility index (Phi) is 6.15. The number of anilines is 1. The van der Waals surface area contributed by atoms with Crippen molar-refractivity contribution in [2.24, 2.45) is 0 Å². The van der Waals surface area contributed by atoms with Gasteiger partial charge in [0.25, 0.3) is 5.91 Å². The summed E-state index contributed by atoms with van der Waals surface area (Å²) in [6.07, 6.45) is 4.32. The van der Waals surface area contributed by atoms with Gasteiger partial charge in [-0.3, -0.25) is 14.7 Å². The number of thiazole rings is 1. The Hall–Kier alpha value is -3.54. The van der Waals surface area contributed by atoms with Crippen molar-refractivity contribution in [2.45, 2.75) is 13.0 Å². The van der Waals surface area contributed by atoms with E-state index >= 15 is 0 Å². The topological polar surface area (TPSA) is 46.1 Å². The SMILES string of the molecule is O=C(c1ccc(Cc2ccccc2)cc1)N(Cc1cccnc1)c1nc2ccc(Cl)cc2s1. The van der Waals surface area contributed by atoms with Crippen LogP contribution >= 0.6 is 22.9 Å². The fraction of sp³-hybridized carbons (Fsp3) is 0.0741. The smallest absolute Gasteiger partial charge is 0.260 e. The van der Waals surface area contributed by atoms with Crippen LogP contribution in [-0.4, -0.2) is 15.9 Å². The van der Waals surface area contributed by atoms with Crippen LogP contribution in [0, 0.1) is 0 Å². The Balaban J connectivity index is 1.45. The zero-order valence-corrected chi connectivity index (χ0v) is 19.3. The third-order valence-corrected chi connectivity index (χ3v) is 6.61. The number of aromatic nitrogens is 2. The van der Waals surface area contributed by atoms with E-state index in [1.54, 1.807) is 17.3 Å². The van der Waals surface area contributed by atoms with Crippen molar-refractivity contribution in [3.63, 3.8) is 0 Å². The van der Waals surface area contributed by atoms with Gasteiger partial charge in [-0.25, -0.2) is 4.98 Å². The summed E-state index contributed by atoms with van der Waals surface area (Å²) in [5.74, 6) is -0.102. The standard InChI is InChI=1S/C27H20ClN3OS/c28-23-12-13-24-25(16-23)33-27(30-24)31(18-21-7-4-14-29-17-21)26(32)22-10-8-20(9-11-22)15-19-5-2-1-3-6-19/h1-14,16-17H,15,18H2. The minimum Gasteiger partial charge on any atom is -0.279 e. The van der Waals surface area contributed by atoms with Gasteiger partial charge in [-0.2, -0.15) is 0 Å². The van der Waals surface area contributed by atoms with Gasteiger partial charge in [0.1, 0.15) is 0 Å². The lowest BCUT2D eigenvalue weighted by Crippen LogP contribution is -2.30. The highest BCUT2D eigenvalue weighted by Crippen LogP contribution is 2.32. The first-order valence-electron chi connectivity index (χ1n) is 10.6. The first kappa shape index (κ1) is 21.3. The molecule has 0 aliphatic carbocycles. The molecule has 1 amide bonds. The molecule has 4 nitrogen and oxygen atoms in total. The molecule has 3 aromatic carbocycles. The van der Waals surface area contributed by atoms with E-state index in [-0.39, 0.29) is 5.91 Å². The lowest BCUT2D eigenvalue weighted by Gasteiger charge is -2.20. The molecular formula is C27H20ClN3OS. The van der Waals surface area contributed by atoms with E-state index in [2.05, 4.69) is 17.1 Å². The molecule has 2 heterocycles. The number of hydrogen-bond acceptors (Lipinski definition) is 4. The predicted molar refractivity (Wildman–Crippen MR) is 135 cm³/mol. The summed E-state index contributed by atoms with van der Waals surface area (Å²) < 4.78 is 0.944. The summed E-state index contributed by atoms with van der Waals surface area (Å²) in [5.41, 5.74) is 4.77. The molecule has 0 N–H and O–H groups in total. The van der Waals surface area contributed by atoms with Crippen LogP contribution in [0.3, 0.4) is 0 Å². The Morgan fingerprint density at radius 1 is 0.879 bits per heavy atom. The first-order valence-corrected chi connectivity index (χ1v) is 11.7. The van der Waals surface area contributed by atoms with Crippen LogP contribution in [-0.2, 0) is 13.0 Å². The zero-order chi connectivity index (χ0) is 22.6. The maximum atomic E-state index is 13.6. The van der Waals surface area contributed by atoms with Gasteiger partial charge in [0.2, 0.25) is 0 Å². The first-order chi connectivity index (χ1) is 16.2. The zero-order valence-electron chi connectivity index (χ0n) is 17.7. The number of fused-ring (bicyclic) bond motifs is 1. The molecule has 5 rings (SSSR count). The number of rotatable bonds is 6. The molecule has 0 atom stereocenters. The van der Waals surface area contributed by atoms with Gasteiger partial charge >= 0.3 is 0 Å². The molecule has 0 aliphatic heterocycles. The summed E-state index contributed by atoms with van der Waals surface area (Å²) >= 11 is 7.61. The molecule has 0 fully saturated rings. The monoisotopic (exact) mass is 469 g/mol. The molecule has 33 heavy (non-hydrogen) atoms. The van der Waals surface area contributed by atoms with Crippen LogP contribution in [0.25, 0.3) is 10.2 Å². The highest BCUT2D eigenvalue weighted by Gasteiger charge is 2.22. The average molecular weight is 470 g/mol. The van der Waals surface area contributed by atoms with Crippen molar-refractivity contribution >= 4 is 44.2 Å². The highest BCUT2D eigenvalue weighted by molar-refractivity contribution is 7.22. The number of benzene rings is 3.